The third kappa shape index (κ3) is 4.61. The largest absolute Gasteiger partial charge is 0.414 e. The van der Waals surface area contributed by atoms with Crippen molar-refractivity contribution in [1.82, 2.24) is 4.98 Å². The van der Waals surface area contributed by atoms with Crippen molar-refractivity contribution >= 4 is 11.3 Å². The van der Waals surface area contributed by atoms with E-state index in [1.807, 2.05) is 6.92 Å². The average molecular weight is 268 g/mol. The Bertz CT molecular complexity index is 341. The van der Waals surface area contributed by atoms with Gasteiger partial charge in [-0.05, 0) is 19.9 Å². The molecule has 0 aliphatic rings. The van der Waals surface area contributed by atoms with E-state index in [9.17, 15) is 13.2 Å². The van der Waals surface area contributed by atoms with E-state index in [0.717, 1.165) is 10.6 Å². The monoisotopic (exact) mass is 268 g/mol. The molecule has 0 amide bonds. The predicted octanol–water partition coefficient (Wildman–Crippen LogP) is 2.29. The van der Waals surface area contributed by atoms with E-state index < -0.39 is 12.3 Å². The molecule has 0 radical (unpaired) electrons. The van der Waals surface area contributed by atoms with Gasteiger partial charge in [-0.2, -0.15) is 13.2 Å². The quantitative estimate of drug-likeness (QED) is 0.861. The van der Waals surface area contributed by atoms with E-state index in [1.54, 1.807) is 5.51 Å². The summed E-state index contributed by atoms with van der Waals surface area (Å²) < 4.78 is 42.2. The zero-order chi connectivity index (χ0) is 12.9. The van der Waals surface area contributed by atoms with Gasteiger partial charge in [0.1, 0.15) is 0 Å². The molecule has 1 heterocycles. The maximum Gasteiger partial charge on any atom is 0.414 e. The van der Waals surface area contributed by atoms with Crippen molar-refractivity contribution in [2.75, 3.05) is 13.2 Å². The molecule has 1 atom stereocenters. The SMILES string of the molecule is Cc1ncsc1CCOC(CCN)C(F)(F)F. The highest BCUT2D eigenvalue weighted by atomic mass is 32.1. The van der Waals surface area contributed by atoms with Crippen LogP contribution in [0, 0.1) is 6.92 Å². The summed E-state index contributed by atoms with van der Waals surface area (Å²) in [5, 5.41) is 0. The Morgan fingerprint density at radius 1 is 1.53 bits per heavy atom. The first-order chi connectivity index (χ1) is 7.95. The summed E-state index contributed by atoms with van der Waals surface area (Å²) in [6.07, 6.45) is -5.86. The highest BCUT2D eigenvalue weighted by Crippen LogP contribution is 2.25. The number of halogens is 3. The lowest BCUT2D eigenvalue weighted by atomic mass is 10.2. The molecule has 0 saturated heterocycles. The van der Waals surface area contributed by atoms with Gasteiger partial charge in [0.25, 0.3) is 0 Å². The minimum Gasteiger partial charge on any atom is -0.368 e. The van der Waals surface area contributed by atoms with Crippen molar-refractivity contribution in [2.24, 2.45) is 5.73 Å². The summed E-state index contributed by atoms with van der Waals surface area (Å²) in [4.78, 5) is 4.98. The van der Waals surface area contributed by atoms with Crippen LogP contribution in [0.3, 0.4) is 0 Å². The first kappa shape index (κ1) is 14.4. The van der Waals surface area contributed by atoms with Crippen LogP contribution in [0.1, 0.15) is 17.0 Å². The van der Waals surface area contributed by atoms with Crippen molar-refractivity contribution in [2.45, 2.75) is 32.0 Å². The van der Waals surface area contributed by atoms with Gasteiger partial charge in [-0.15, -0.1) is 11.3 Å². The average Bonchev–Trinajstić information content (AvgIpc) is 2.62. The van der Waals surface area contributed by atoms with Crippen molar-refractivity contribution < 1.29 is 17.9 Å². The van der Waals surface area contributed by atoms with Gasteiger partial charge < -0.3 is 10.5 Å². The molecule has 1 aromatic rings. The third-order valence-corrected chi connectivity index (χ3v) is 3.28. The molecule has 17 heavy (non-hydrogen) atoms. The maximum atomic E-state index is 12.5. The highest BCUT2D eigenvalue weighted by molar-refractivity contribution is 7.09. The molecule has 7 heteroatoms. The van der Waals surface area contributed by atoms with E-state index in [0.29, 0.717) is 6.42 Å². The molecule has 1 rings (SSSR count). The fraction of sp³-hybridized carbons (Fsp3) is 0.700. The van der Waals surface area contributed by atoms with Gasteiger partial charge in [0.05, 0.1) is 17.8 Å². The zero-order valence-corrected chi connectivity index (χ0v) is 10.3. The van der Waals surface area contributed by atoms with E-state index in [-0.39, 0.29) is 19.6 Å². The Balaban J connectivity index is 2.40. The second-order valence-corrected chi connectivity index (χ2v) is 4.53. The zero-order valence-electron chi connectivity index (χ0n) is 9.46. The summed E-state index contributed by atoms with van der Waals surface area (Å²) >= 11 is 1.43. The molecule has 0 aliphatic carbocycles. The van der Waals surface area contributed by atoms with Crippen LogP contribution in [0.25, 0.3) is 0 Å². The smallest absolute Gasteiger partial charge is 0.368 e. The third-order valence-electron chi connectivity index (χ3n) is 2.29. The minimum atomic E-state index is -4.35. The summed E-state index contributed by atoms with van der Waals surface area (Å²) in [6, 6.07) is 0. The number of rotatable bonds is 6. The number of alkyl halides is 3. The molecule has 98 valence electrons. The number of nitrogens with two attached hydrogens (primary N) is 1. The van der Waals surface area contributed by atoms with Crippen LogP contribution in [-0.2, 0) is 11.2 Å². The summed E-state index contributed by atoms with van der Waals surface area (Å²) in [6.45, 7) is 1.82. The van der Waals surface area contributed by atoms with Gasteiger partial charge in [-0.1, -0.05) is 0 Å². The van der Waals surface area contributed by atoms with E-state index >= 15 is 0 Å². The second-order valence-electron chi connectivity index (χ2n) is 3.59. The molecule has 0 aromatic carbocycles. The molecule has 0 aliphatic heterocycles. The summed E-state index contributed by atoms with van der Waals surface area (Å²) in [5.41, 5.74) is 7.65. The summed E-state index contributed by atoms with van der Waals surface area (Å²) in [7, 11) is 0. The van der Waals surface area contributed by atoms with Crippen molar-refractivity contribution in [3.63, 3.8) is 0 Å². The fourth-order valence-electron chi connectivity index (χ4n) is 1.35. The van der Waals surface area contributed by atoms with Gasteiger partial charge in [0, 0.05) is 11.3 Å². The second kappa shape index (κ2) is 6.32. The van der Waals surface area contributed by atoms with E-state index in [2.05, 4.69) is 4.98 Å². The van der Waals surface area contributed by atoms with Crippen LogP contribution in [0.4, 0.5) is 13.2 Å². The van der Waals surface area contributed by atoms with Crippen LogP contribution >= 0.6 is 11.3 Å². The Labute approximate surface area is 102 Å². The molecule has 3 nitrogen and oxygen atoms in total. The fourth-order valence-corrected chi connectivity index (χ4v) is 2.12. The topological polar surface area (TPSA) is 48.1 Å². The highest BCUT2D eigenvalue weighted by Gasteiger charge is 2.39. The van der Waals surface area contributed by atoms with Gasteiger partial charge in [0.2, 0.25) is 0 Å². The lowest BCUT2D eigenvalue weighted by Crippen LogP contribution is -2.34. The van der Waals surface area contributed by atoms with Crippen molar-refractivity contribution in [3.05, 3.63) is 16.1 Å². The first-order valence-corrected chi connectivity index (χ1v) is 6.10. The van der Waals surface area contributed by atoms with Crippen LogP contribution in [0.2, 0.25) is 0 Å². The number of nitrogens with zero attached hydrogens (tertiary/aromatic N) is 1. The normalized spacial score (nSPS) is 13.9. The van der Waals surface area contributed by atoms with Crippen LogP contribution in [0.15, 0.2) is 5.51 Å². The van der Waals surface area contributed by atoms with Gasteiger partial charge in [-0.25, -0.2) is 4.98 Å². The van der Waals surface area contributed by atoms with Gasteiger partial charge >= 0.3 is 6.18 Å². The van der Waals surface area contributed by atoms with E-state index in [4.69, 9.17) is 10.5 Å². The minimum absolute atomic E-state index is 0.0349. The number of thiazole rings is 1. The molecule has 0 saturated carbocycles. The molecular formula is C10H15F3N2OS. The molecule has 2 N–H and O–H groups in total. The first-order valence-electron chi connectivity index (χ1n) is 5.22. The number of aromatic nitrogens is 1. The number of aryl methyl sites for hydroxylation is 1. The van der Waals surface area contributed by atoms with Crippen molar-refractivity contribution in [1.29, 1.82) is 0 Å². The Morgan fingerprint density at radius 3 is 2.71 bits per heavy atom. The predicted molar refractivity (Wildman–Crippen MR) is 60.0 cm³/mol. The lowest BCUT2D eigenvalue weighted by molar-refractivity contribution is -0.221. The van der Waals surface area contributed by atoms with E-state index in [1.165, 1.54) is 11.3 Å². The Hall–Kier alpha value is -0.660. The molecule has 1 unspecified atom stereocenters. The van der Waals surface area contributed by atoms with Gasteiger partial charge in [0.15, 0.2) is 6.10 Å². The molecule has 0 bridgehead atoms. The molecular weight excluding hydrogens is 253 g/mol. The number of hydrogen-bond acceptors (Lipinski definition) is 4. The Morgan fingerprint density at radius 2 is 2.24 bits per heavy atom. The lowest BCUT2D eigenvalue weighted by Gasteiger charge is -2.19. The standard InChI is InChI=1S/C10H15F3N2OS/c1-7-8(17-6-15-7)3-5-16-9(2-4-14)10(11,12)13/h6,9H,2-5,14H2,1H3. The van der Waals surface area contributed by atoms with Crippen molar-refractivity contribution in [3.8, 4) is 0 Å². The van der Waals surface area contributed by atoms with Crippen LogP contribution < -0.4 is 5.73 Å². The summed E-state index contributed by atoms with van der Waals surface area (Å²) in [5.74, 6) is 0. The van der Waals surface area contributed by atoms with Crippen LogP contribution in [0.5, 0.6) is 0 Å². The van der Waals surface area contributed by atoms with Gasteiger partial charge in [-0.3, -0.25) is 0 Å². The molecule has 1 aromatic heterocycles. The Kier molecular flexibility index (Phi) is 5.35. The number of hydrogen-bond donors (Lipinski definition) is 1. The van der Waals surface area contributed by atoms with Crippen LogP contribution in [-0.4, -0.2) is 30.4 Å². The number of ether oxygens (including phenoxy) is 1. The maximum absolute atomic E-state index is 12.5. The molecule has 0 spiro atoms. The molecule has 0 fully saturated rings.